The molecule has 0 spiro atoms. The number of para-hydroxylation sites is 1. The maximum absolute atomic E-state index is 13.4. The Labute approximate surface area is 284 Å². The molecule has 0 bridgehead atoms. The van der Waals surface area contributed by atoms with Gasteiger partial charge in [0.15, 0.2) is 12.1 Å². The number of halogens is 3. The molecule has 2 heterocycles. The van der Waals surface area contributed by atoms with Crippen LogP contribution < -0.4 is 10.7 Å². The Hall–Kier alpha value is -5.39. The van der Waals surface area contributed by atoms with Crippen LogP contribution >= 0.6 is 0 Å². The number of Topliss-reactive ketones (excluding diaryl/α,β-unsaturated/α-hetero) is 1. The number of phenolic OH excluding ortho intramolecular Hbond substituents is 1. The van der Waals surface area contributed by atoms with E-state index in [0.29, 0.717) is 0 Å². The summed E-state index contributed by atoms with van der Waals surface area (Å²) < 4.78 is 63.7. The van der Waals surface area contributed by atoms with Gasteiger partial charge >= 0.3 is 18.1 Å². The van der Waals surface area contributed by atoms with Crippen LogP contribution in [0.3, 0.4) is 0 Å². The van der Waals surface area contributed by atoms with Gasteiger partial charge in [-0.05, 0) is 44.2 Å². The van der Waals surface area contributed by atoms with Gasteiger partial charge in [0.1, 0.15) is 28.6 Å². The van der Waals surface area contributed by atoms with E-state index in [4.69, 9.17) is 18.6 Å². The number of nitro benzene ring substituents is 1. The number of fused-ring (bicyclic) bond motifs is 4. The second-order valence-electron chi connectivity index (χ2n) is 12.4. The average molecular weight is 715 g/mol. The van der Waals surface area contributed by atoms with Crippen molar-refractivity contribution >= 4 is 45.3 Å². The van der Waals surface area contributed by atoms with E-state index < -0.39 is 89.0 Å². The molecule has 1 aliphatic heterocycles. The number of phenols is 1. The molecule has 0 radical (unpaired) electrons. The molecule has 4 aromatic rings. The molecule has 2 aliphatic rings. The standard InChI is InChI=1S/C34H29F3N2O12/c1-15-29(51-31(43)17-7-9-18(10-8-17)39(46)47)22(38-32(44)34(35,36)37)12-26(48-15)49-25-14-33(45,16(2)40)13-21-27(25)23(41)11-20-28(42)19-5-3-4-6-24(19)50-30(20)21/h3-11,15,22,25-26,29,41,45H,12-14H2,1-2H3,(H,38,44)/t15?,22-,25+,26?,29+,33+/m1/s1. The molecule has 6 atom stereocenters. The fraction of sp³-hybridized carbons (Fsp3) is 0.353. The lowest BCUT2D eigenvalue weighted by molar-refractivity contribution is -0.384. The fourth-order valence-electron chi connectivity index (χ4n) is 6.49. The number of nitrogens with one attached hydrogen (secondary N) is 1. The van der Waals surface area contributed by atoms with Crippen LogP contribution in [0.1, 0.15) is 54.3 Å². The topological polar surface area (TPSA) is 205 Å². The summed E-state index contributed by atoms with van der Waals surface area (Å²) in [5.41, 5.74) is -2.79. The van der Waals surface area contributed by atoms with Crippen LogP contribution in [0.25, 0.3) is 21.9 Å². The molecule has 17 heteroatoms. The number of rotatable bonds is 7. The van der Waals surface area contributed by atoms with Crippen molar-refractivity contribution in [2.45, 2.75) is 75.5 Å². The lowest BCUT2D eigenvalue weighted by Crippen LogP contribution is -2.59. The van der Waals surface area contributed by atoms with Crippen LogP contribution in [-0.2, 0) is 30.2 Å². The third-order valence-electron chi connectivity index (χ3n) is 9.08. The summed E-state index contributed by atoms with van der Waals surface area (Å²) >= 11 is 0. The van der Waals surface area contributed by atoms with Crippen molar-refractivity contribution in [2.75, 3.05) is 0 Å². The van der Waals surface area contributed by atoms with Gasteiger partial charge in [-0.3, -0.25) is 24.5 Å². The number of ether oxygens (including phenoxy) is 3. The Kier molecular flexibility index (Phi) is 9.07. The van der Waals surface area contributed by atoms with Gasteiger partial charge < -0.3 is 34.2 Å². The zero-order chi connectivity index (χ0) is 37.0. The first-order valence-electron chi connectivity index (χ1n) is 15.5. The Balaban J connectivity index is 1.34. The first-order valence-corrected chi connectivity index (χ1v) is 15.5. The number of carbonyl (C=O) groups excluding carboxylic acids is 3. The van der Waals surface area contributed by atoms with E-state index in [-0.39, 0.29) is 50.7 Å². The van der Waals surface area contributed by atoms with E-state index in [1.807, 2.05) is 0 Å². The Bertz CT molecular complexity index is 2130. The zero-order valence-electron chi connectivity index (χ0n) is 26.8. The normalized spacial score (nSPS) is 24.9. The summed E-state index contributed by atoms with van der Waals surface area (Å²) in [7, 11) is 0. The summed E-state index contributed by atoms with van der Waals surface area (Å²) in [6.07, 6.45) is -12.3. The zero-order valence-corrected chi connectivity index (χ0v) is 26.8. The highest BCUT2D eigenvalue weighted by atomic mass is 19.4. The molecular formula is C34H29F3N2O12. The van der Waals surface area contributed by atoms with Crippen molar-refractivity contribution in [3.05, 3.63) is 91.6 Å². The summed E-state index contributed by atoms with van der Waals surface area (Å²) in [6, 6.07) is 10.1. The van der Waals surface area contributed by atoms with Crippen LogP contribution in [0, 0.1) is 10.1 Å². The predicted molar refractivity (Wildman–Crippen MR) is 169 cm³/mol. The molecule has 3 N–H and O–H groups in total. The first kappa shape index (κ1) is 35.4. The number of nitro groups is 1. The third kappa shape index (κ3) is 6.74. The fourth-order valence-corrected chi connectivity index (χ4v) is 6.49. The molecule has 1 saturated heterocycles. The van der Waals surface area contributed by atoms with Gasteiger partial charge in [0, 0.05) is 42.5 Å². The molecule has 2 unspecified atom stereocenters. The van der Waals surface area contributed by atoms with Gasteiger partial charge in [-0.1, -0.05) is 12.1 Å². The largest absolute Gasteiger partial charge is 0.508 e. The quantitative estimate of drug-likeness (QED) is 0.106. The van der Waals surface area contributed by atoms with Gasteiger partial charge in [0.2, 0.25) is 5.43 Å². The number of aromatic hydroxyl groups is 1. The lowest BCUT2D eigenvalue weighted by Gasteiger charge is -2.43. The predicted octanol–water partition coefficient (Wildman–Crippen LogP) is 4.29. The molecule has 14 nitrogen and oxygen atoms in total. The molecule has 6 rings (SSSR count). The highest BCUT2D eigenvalue weighted by Crippen LogP contribution is 2.47. The van der Waals surface area contributed by atoms with E-state index in [1.54, 1.807) is 23.5 Å². The van der Waals surface area contributed by atoms with Crippen LogP contribution in [0.4, 0.5) is 18.9 Å². The number of carbonyl (C=O) groups is 3. The second kappa shape index (κ2) is 13.1. The van der Waals surface area contributed by atoms with Crippen molar-refractivity contribution in [1.82, 2.24) is 5.32 Å². The number of esters is 1. The smallest absolute Gasteiger partial charge is 0.471 e. The van der Waals surface area contributed by atoms with E-state index in [2.05, 4.69) is 0 Å². The number of aliphatic hydroxyl groups is 1. The van der Waals surface area contributed by atoms with Crippen LogP contribution in [0.15, 0.2) is 63.8 Å². The van der Waals surface area contributed by atoms with Crippen LogP contribution in [0.5, 0.6) is 5.75 Å². The molecular weight excluding hydrogens is 685 g/mol. The maximum Gasteiger partial charge on any atom is 0.471 e. The minimum atomic E-state index is -5.33. The van der Waals surface area contributed by atoms with E-state index in [1.165, 1.54) is 13.0 Å². The van der Waals surface area contributed by atoms with E-state index in [0.717, 1.165) is 37.3 Å². The minimum Gasteiger partial charge on any atom is -0.508 e. The molecule has 1 aliphatic carbocycles. The van der Waals surface area contributed by atoms with E-state index >= 15 is 0 Å². The highest BCUT2D eigenvalue weighted by Gasteiger charge is 2.49. The summed E-state index contributed by atoms with van der Waals surface area (Å²) in [5.74, 6) is -4.56. The van der Waals surface area contributed by atoms with E-state index in [9.17, 15) is 52.7 Å². The molecule has 1 aromatic heterocycles. The van der Waals surface area contributed by atoms with Crippen molar-refractivity contribution < 1.29 is 61.3 Å². The molecule has 1 amide bonds. The Morgan fingerprint density at radius 2 is 1.78 bits per heavy atom. The molecule has 268 valence electrons. The van der Waals surface area contributed by atoms with Crippen molar-refractivity contribution in [1.29, 1.82) is 0 Å². The Morgan fingerprint density at radius 1 is 1.10 bits per heavy atom. The van der Waals surface area contributed by atoms with Gasteiger partial charge in [-0.15, -0.1) is 0 Å². The summed E-state index contributed by atoms with van der Waals surface area (Å²) in [6.45, 7) is 2.46. The number of hydrogen-bond acceptors (Lipinski definition) is 12. The molecule has 0 saturated carbocycles. The van der Waals surface area contributed by atoms with Gasteiger partial charge in [0.05, 0.1) is 39.5 Å². The number of ketones is 1. The SMILES string of the molecule is CC(=O)[C@]1(O)Cc2c(c(O)cc3c(=O)c4ccccc4oc23)[C@@H](OC2C[C@@H](NC(=O)C(F)(F)F)[C@@H](OC(=O)c3ccc([N+](=O)[O-])cc3)C(C)O2)C1. The number of nitrogens with zero attached hydrogens (tertiary/aromatic N) is 1. The number of amides is 1. The molecule has 3 aromatic carbocycles. The highest BCUT2D eigenvalue weighted by molar-refractivity contribution is 5.94. The van der Waals surface area contributed by atoms with Crippen LogP contribution in [0.2, 0.25) is 0 Å². The minimum absolute atomic E-state index is 0.0223. The number of hydrogen-bond donors (Lipinski definition) is 3. The van der Waals surface area contributed by atoms with Crippen LogP contribution in [-0.4, -0.2) is 69.1 Å². The van der Waals surface area contributed by atoms with Crippen molar-refractivity contribution in [3.63, 3.8) is 0 Å². The van der Waals surface area contributed by atoms with Gasteiger partial charge in [-0.25, -0.2) is 4.79 Å². The molecule has 1 fully saturated rings. The molecule has 51 heavy (non-hydrogen) atoms. The third-order valence-corrected chi connectivity index (χ3v) is 9.08. The van der Waals surface area contributed by atoms with Crippen molar-refractivity contribution in [2.24, 2.45) is 0 Å². The van der Waals surface area contributed by atoms with Gasteiger partial charge in [0.25, 0.3) is 5.69 Å². The van der Waals surface area contributed by atoms with Crippen molar-refractivity contribution in [3.8, 4) is 5.75 Å². The maximum atomic E-state index is 13.4. The average Bonchev–Trinajstić information content (AvgIpc) is 3.06. The lowest BCUT2D eigenvalue weighted by atomic mass is 9.75. The monoisotopic (exact) mass is 714 g/mol. The van der Waals surface area contributed by atoms with Gasteiger partial charge in [-0.2, -0.15) is 13.2 Å². The number of alkyl halides is 3. The summed E-state index contributed by atoms with van der Waals surface area (Å²) in [4.78, 5) is 61.5. The summed E-state index contributed by atoms with van der Waals surface area (Å²) in [5, 5.41) is 35.7. The Morgan fingerprint density at radius 3 is 2.43 bits per heavy atom. The second-order valence-corrected chi connectivity index (χ2v) is 12.4. The number of non-ortho nitro benzene ring substituents is 1. The number of benzene rings is 3. The first-order chi connectivity index (χ1) is 24.0.